The highest BCUT2D eigenvalue weighted by atomic mass is 32.1. The third-order valence-electron chi connectivity index (χ3n) is 2.83. The molecule has 0 atom stereocenters. The SMILES string of the molecule is CCc1nnc(NC(=O)CCNC(=O)c2ccc(F)cc2F)s1. The number of amides is 2. The molecule has 0 fully saturated rings. The van der Waals surface area contributed by atoms with Gasteiger partial charge < -0.3 is 10.6 Å². The number of nitrogens with one attached hydrogen (secondary N) is 2. The normalized spacial score (nSPS) is 10.4. The van der Waals surface area contributed by atoms with Crippen LogP contribution < -0.4 is 10.6 Å². The molecule has 0 aliphatic heterocycles. The van der Waals surface area contributed by atoms with Gasteiger partial charge in [-0.3, -0.25) is 9.59 Å². The molecule has 0 aliphatic carbocycles. The number of carbonyl (C=O) groups excluding carboxylic acids is 2. The number of benzene rings is 1. The van der Waals surface area contributed by atoms with Gasteiger partial charge in [-0.2, -0.15) is 0 Å². The lowest BCUT2D eigenvalue weighted by molar-refractivity contribution is -0.116. The Bertz CT molecular complexity index is 721. The average Bonchev–Trinajstić information content (AvgIpc) is 2.94. The number of anilines is 1. The van der Waals surface area contributed by atoms with Crippen LogP contribution in [0.25, 0.3) is 0 Å². The summed E-state index contributed by atoms with van der Waals surface area (Å²) in [6, 6.07) is 2.67. The molecule has 2 N–H and O–H groups in total. The lowest BCUT2D eigenvalue weighted by Crippen LogP contribution is -2.28. The lowest BCUT2D eigenvalue weighted by atomic mass is 10.2. The van der Waals surface area contributed by atoms with Crippen LogP contribution in [0.2, 0.25) is 0 Å². The van der Waals surface area contributed by atoms with Crippen molar-refractivity contribution in [3.8, 4) is 0 Å². The van der Waals surface area contributed by atoms with Crippen LogP contribution in [-0.4, -0.2) is 28.6 Å². The smallest absolute Gasteiger partial charge is 0.254 e. The second kappa shape index (κ2) is 7.73. The minimum atomic E-state index is -0.951. The van der Waals surface area contributed by atoms with Crippen molar-refractivity contribution in [1.82, 2.24) is 15.5 Å². The number of rotatable bonds is 6. The van der Waals surface area contributed by atoms with Crippen LogP contribution in [0.5, 0.6) is 0 Å². The van der Waals surface area contributed by atoms with Crippen LogP contribution in [0.3, 0.4) is 0 Å². The quantitative estimate of drug-likeness (QED) is 0.844. The fraction of sp³-hybridized carbons (Fsp3) is 0.286. The Labute approximate surface area is 134 Å². The van der Waals surface area contributed by atoms with Crippen molar-refractivity contribution < 1.29 is 18.4 Å². The van der Waals surface area contributed by atoms with E-state index in [-0.39, 0.29) is 24.4 Å². The maximum atomic E-state index is 13.4. The first-order valence-electron chi connectivity index (χ1n) is 6.85. The molecule has 0 radical (unpaired) electrons. The topological polar surface area (TPSA) is 84.0 Å². The van der Waals surface area contributed by atoms with E-state index in [9.17, 15) is 18.4 Å². The third-order valence-corrected chi connectivity index (χ3v) is 3.81. The molecule has 1 heterocycles. The summed E-state index contributed by atoms with van der Waals surface area (Å²) < 4.78 is 26.2. The molecule has 0 bridgehead atoms. The second-order valence-corrected chi connectivity index (χ2v) is 5.59. The summed E-state index contributed by atoms with van der Waals surface area (Å²) in [5.74, 6) is -2.77. The highest BCUT2D eigenvalue weighted by Gasteiger charge is 2.13. The monoisotopic (exact) mass is 340 g/mol. The van der Waals surface area contributed by atoms with Crippen LogP contribution >= 0.6 is 11.3 Å². The number of hydrogen-bond acceptors (Lipinski definition) is 5. The zero-order valence-corrected chi connectivity index (χ0v) is 13.0. The number of carbonyl (C=O) groups is 2. The Morgan fingerprint density at radius 3 is 2.70 bits per heavy atom. The molecule has 2 rings (SSSR count). The molecule has 122 valence electrons. The van der Waals surface area contributed by atoms with Gasteiger partial charge in [0.05, 0.1) is 5.56 Å². The molecular weight excluding hydrogens is 326 g/mol. The molecule has 2 aromatic rings. The van der Waals surface area contributed by atoms with E-state index in [4.69, 9.17) is 0 Å². The largest absolute Gasteiger partial charge is 0.351 e. The number of aryl methyl sites for hydroxylation is 1. The van der Waals surface area contributed by atoms with Crippen molar-refractivity contribution >= 4 is 28.3 Å². The molecule has 0 unspecified atom stereocenters. The van der Waals surface area contributed by atoms with Crippen molar-refractivity contribution in [2.75, 3.05) is 11.9 Å². The van der Waals surface area contributed by atoms with E-state index < -0.39 is 17.5 Å². The first kappa shape index (κ1) is 16.9. The van der Waals surface area contributed by atoms with E-state index in [2.05, 4.69) is 20.8 Å². The highest BCUT2D eigenvalue weighted by Crippen LogP contribution is 2.15. The summed E-state index contributed by atoms with van der Waals surface area (Å²) in [6.07, 6.45) is 0.725. The molecule has 1 aromatic carbocycles. The maximum absolute atomic E-state index is 13.4. The van der Waals surface area contributed by atoms with Crippen molar-refractivity contribution in [3.63, 3.8) is 0 Å². The summed E-state index contributed by atoms with van der Waals surface area (Å²) in [5, 5.41) is 13.8. The molecule has 1 aromatic heterocycles. The first-order valence-corrected chi connectivity index (χ1v) is 7.66. The molecule has 0 aliphatic rings. The van der Waals surface area contributed by atoms with Gasteiger partial charge in [-0.05, 0) is 18.6 Å². The van der Waals surface area contributed by atoms with Gasteiger partial charge in [0, 0.05) is 19.0 Å². The summed E-state index contributed by atoms with van der Waals surface area (Å²) in [6.45, 7) is 1.94. The standard InChI is InChI=1S/C14H14F2N4O2S/c1-2-12-19-20-14(23-12)18-11(21)5-6-17-13(22)9-4-3-8(15)7-10(9)16/h3-4,7H,2,5-6H2,1H3,(H,17,22)(H,18,20,21). The molecule has 23 heavy (non-hydrogen) atoms. The van der Waals surface area contributed by atoms with Gasteiger partial charge in [0.1, 0.15) is 16.6 Å². The summed E-state index contributed by atoms with van der Waals surface area (Å²) in [4.78, 5) is 23.4. The number of aromatic nitrogens is 2. The Kier molecular flexibility index (Phi) is 5.69. The van der Waals surface area contributed by atoms with Crippen molar-refractivity contribution in [1.29, 1.82) is 0 Å². The van der Waals surface area contributed by atoms with E-state index in [0.29, 0.717) is 11.2 Å². The molecule has 0 spiro atoms. The Morgan fingerprint density at radius 2 is 2.04 bits per heavy atom. The van der Waals surface area contributed by atoms with Crippen LogP contribution in [0.15, 0.2) is 18.2 Å². The molecule has 9 heteroatoms. The highest BCUT2D eigenvalue weighted by molar-refractivity contribution is 7.15. The maximum Gasteiger partial charge on any atom is 0.254 e. The van der Waals surface area contributed by atoms with E-state index in [1.807, 2.05) is 6.92 Å². The van der Waals surface area contributed by atoms with Crippen molar-refractivity contribution in [2.24, 2.45) is 0 Å². The first-order chi connectivity index (χ1) is 11.0. The molecular formula is C14H14F2N4O2S. The number of hydrogen-bond donors (Lipinski definition) is 2. The zero-order chi connectivity index (χ0) is 16.8. The molecule has 6 nitrogen and oxygen atoms in total. The Morgan fingerprint density at radius 1 is 1.26 bits per heavy atom. The fourth-order valence-electron chi connectivity index (χ4n) is 1.69. The van der Waals surface area contributed by atoms with Gasteiger partial charge in [-0.15, -0.1) is 10.2 Å². The van der Waals surface area contributed by atoms with Gasteiger partial charge in [-0.25, -0.2) is 8.78 Å². The summed E-state index contributed by atoms with van der Waals surface area (Å²) in [5.41, 5.74) is -0.275. The number of halogens is 2. The summed E-state index contributed by atoms with van der Waals surface area (Å²) >= 11 is 1.27. The lowest BCUT2D eigenvalue weighted by Gasteiger charge is -2.06. The van der Waals surface area contributed by atoms with Gasteiger partial charge in [0.25, 0.3) is 5.91 Å². The average molecular weight is 340 g/mol. The molecule has 0 saturated heterocycles. The van der Waals surface area contributed by atoms with Gasteiger partial charge in [0.2, 0.25) is 11.0 Å². The van der Waals surface area contributed by atoms with E-state index in [1.165, 1.54) is 11.3 Å². The van der Waals surface area contributed by atoms with E-state index >= 15 is 0 Å². The van der Waals surface area contributed by atoms with Crippen LogP contribution in [0.1, 0.15) is 28.7 Å². The molecule has 0 saturated carbocycles. The van der Waals surface area contributed by atoms with Gasteiger partial charge in [0.15, 0.2) is 0 Å². The minimum absolute atomic E-state index is 0.00437. The van der Waals surface area contributed by atoms with Gasteiger partial charge in [-0.1, -0.05) is 18.3 Å². The second-order valence-electron chi connectivity index (χ2n) is 4.53. The van der Waals surface area contributed by atoms with Crippen LogP contribution in [-0.2, 0) is 11.2 Å². The predicted octanol–water partition coefficient (Wildman–Crippen LogP) is 2.14. The zero-order valence-electron chi connectivity index (χ0n) is 12.2. The predicted molar refractivity (Wildman–Crippen MR) is 81.2 cm³/mol. The summed E-state index contributed by atoms with van der Waals surface area (Å²) in [7, 11) is 0. The van der Waals surface area contributed by atoms with Crippen LogP contribution in [0, 0.1) is 11.6 Å². The van der Waals surface area contributed by atoms with Gasteiger partial charge >= 0.3 is 0 Å². The fourth-order valence-corrected chi connectivity index (χ4v) is 2.38. The van der Waals surface area contributed by atoms with Crippen molar-refractivity contribution in [2.45, 2.75) is 19.8 Å². The third kappa shape index (κ3) is 4.78. The van der Waals surface area contributed by atoms with E-state index in [1.54, 1.807) is 0 Å². The van der Waals surface area contributed by atoms with E-state index in [0.717, 1.165) is 23.6 Å². The number of nitrogens with zero attached hydrogens (tertiary/aromatic N) is 2. The Hall–Kier alpha value is -2.42. The Balaban J connectivity index is 1.79. The minimum Gasteiger partial charge on any atom is -0.351 e. The van der Waals surface area contributed by atoms with Crippen molar-refractivity contribution in [3.05, 3.63) is 40.4 Å². The molecule has 2 amide bonds. The van der Waals surface area contributed by atoms with Crippen LogP contribution in [0.4, 0.5) is 13.9 Å².